The molecule has 0 aromatic heterocycles. The number of aliphatic hydroxyl groups is 1. The van der Waals surface area contributed by atoms with Crippen molar-refractivity contribution in [1.29, 1.82) is 0 Å². The van der Waals surface area contributed by atoms with Crippen molar-refractivity contribution in [3.63, 3.8) is 0 Å². The van der Waals surface area contributed by atoms with Crippen LogP contribution in [0.2, 0.25) is 0 Å². The number of rotatable bonds is 7. The lowest BCUT2D eigenvalue weighted by molar-refractivity contribution is 0.234. The average molecular weight is 269 g/mol. The molecule has 3 nitrogen and oxygen atoms in total. The van der Waals surface area contributed by atoms with Crippen molar-refractivity contribution in [2.45, 2.75) is 30.7 Å². The van der Waals surface area contributed by atoms with E-state index >= 15 is 0 Å². The Hall–Kier alpha value is -0.710. The molecule has 18 heavy (non-hydrogen) atoms. The second-order valence-corrected chi connectivity index (χ2v) is 5.99. The summed E-state index contributed by atoms with van der Waals surface area (Å²) in [5.41, 5.74) is 1.23. The molecule has 0 heterocycles. The molecule has 1 aromatic rings. The van der Waals surface area contributed by atoms with Crippen LogP contribution in [0.1, 0.15) is 31.4 Å². The zero-order chi connectivity index (χ0) is 13.5. The van der Waals surface area contributed by atoms with Gasteiger partial charge in [-0.1, -0.05) is 12.1 Å². The van der Waals surface area contributed by atoms with Crippen LogP contribution >= 0.6 is 0 Å². The van der Waals surface area contributed by atoms with Crippen molar-refractivity contribution < 1.29 is 9.32 Å². The standard InChI is InChI=1S/C14H23NO2S/c1-12(15(2)10-4-5-11-16)13-6-8-14(9-7-13)18(3)17/h6-9,12,16H,4-5,10-11H2,1-3H3. The van der Waals surface area contributed by atoms with Gasteiger partial charge >= 0.3 is 0 Å². The molecule has 0 aliphatic heterocycles. The number of nitrogens with zero attached hydrogens (tertiary/aromatic N) is 1. The fourth-order valence-corrected chi connectivity index (χ4v) is 2.38. The first-order chi connectivity index (χ1) is 8.56. The Bertz CT molecular complexity index is 378. The molecular weight excluding hydrogens is 246 g/mol. The highest BCUT2D eigenvalue weighted by Crippen LogP contribution is 2.20. The fraction of sp³-hybridized carbons (Fsp3) is 0.571. The summed E-state index contributed by atoms with van der Waals surface area (Å²) in [7, 11) is 1.18. The molecule has 0 spiro atoms. The minimum atomic E-state index is -0.909. The van der Waals surface area contributed by atoms with E-state index in [1.165, 1.54) is 5.56 Å². The minimum absolute atomic E-state index is 0.263. The summed E-state index contributed by atoms with van der Waals surface area (Å²) in [4.78, 5) is 3.14. The zero-order valence-corrected chi connectivity index (χ0v) is 12.2. The molecule has 1 N–H and O–H groups in total. The van der Waals surface area contributed by atoms with Gasteiger partial charge in [-0.3, -0.25) is 9.11 Å². The van der Waals surface area contributed by atoms with E-state index in [1.807, 2.05) is 24.3 Å². The summed E-state index contributed by atoms with van der Waals surface area (Å²) in [5, 5.41) is 8.77. The second-order valence-electron chi connectivity index (χ2n) is 4.61. The lowest BCUT2D eigenvalue weighted by Gasteiger charge is -2.25. The fourth-order valence-electron chi connectivity index (χ4n) is 1.86. The van der Waals surface area contributed by atoms with Gasteiger partial charge in [0, 0.05) is 34.6 Å². The Kier molecular flexibility index (Phi) is 6.54. The van der Waals surface area contributed by atoms with Crippen molar-refractivity contribution in [3.8, 4) is 0 Å². The lowest BCUT2D eigenvalue weighted by atomic mass is 10.1. The highest BCUT2D eigenvalue weighted by atomic mass is 32.2. The monoisotopic (exact) mass is 269 g/mol. The molecule has 102 valence electrons. The van der Waals surface area contributed by atoms with Crippen LogP contribution in [-0.4, -0.2) is 40.7 Å². The first-order valence-corrected chi connectivity index (χ1v) is 7.86. The minimum Gasteiger partial charge on any atom is -0.396 e. The third kappa shape index (κ3) is 4.52. The number of benzene rings is 1. The van der Waals surface area contributed by atoms with Gasteiger partial charge in [0.15, 0.2) is 0 Å². The molecule has 0 aliphatic carbocycles. The van der Waals surface area contributed by atoms with Gasteiger partial charge in [-0.05, 0) is 51.1 Å². The van der Waals surface area contributed by atoms with Gasteiger partial charge in [0.1, 0.15) is 0 Å². The summed E-state index contributed by atoms with van der Waals surface area (Å²) in [6, 6.07) is 8.30. The van der Waals surface area contributed by atoms with E-state index < -0.39 is 10.8 Å². The maximum atomic E-state index is 11.3. The van der Waals surface area contributed by atoms with E-state index in [4.69, 9.17) is 5.11 Å². The van der Waals surface area contributed by atoms with Crippen LogP contribution in [0.15, 0.2) is 29.2 Å². The molecule has 2 unspecified atom stereocenters. The summed E-state index contributed by atoms with van der Waals surface area (Å²) in [6.07, 6.45) is 3.55. The van der Waals surface area contributed by atoms with Crippen LogP contribution in [0.4, 0.5) is 0 Å². The zero-order valence-electron chi connectivity index (χ0n) is 11.4. The van der Waals surface area contributed by atoms with Gasteiger partial charge < -0.3 is 5.11 Å². The van der Waals surface area contributed by atoms with Gasteiger partial charge in [0.05, 0.1) is 0 Å². The van der Waals surface area contributed by atoms with Crippen LogP contribution in [0, 0.1) is 0 Å². The third-order valence-electron chi connectivity index (χ3n) is 3.27. The molecule has 0 saturated carbocycles. The van der Waals surface area contributed by atoms with Crippen molar-refractivity contribution in [2.75, 3.05) is 26.5 Å². The molecule has 0 amide bonds. The predicted octanol–water partition coefficient (Wildman–Crippen LogP) is 2.19. The summed E-state index contributed by atoms with van der Waals surface area (Å²) < 4.78 is 11.3. The number of hydrogen-bond donors (Lipinski definition) is 1. The van der Waals surface area contributed by atoms with E-state index in [2.05, 4.69) is 18.9 Å². The number of unbranched alkanes of at least 4 members (excludes halogenated alkanes) is 1. The van der Waals surface area contributed by atoms with E-state index in [0.29, 0.717) is 6.04 Å². The molecule has 4 heteroatoms. The van der Waals surface area contributed by atoms with Gasteiger partial charge in [-0.2, -0.15) is 0 Å². The molecule has 1 rings (SSSR count). The maximum Gasteiger partial charge on any atom is 0.0498 e. The lowest BCUT2D eigenvalue weighted by Crippen LogP contribution is -2.23. The van der Waals surface area contributed by atoms with Gasteiger partial charge in [0.25, 0.3) is 0 Å². The van der Waals surface area contributed by atoms with Crippen LogP contribution in [-0.2, 0) is 10.8 Å². The first kappa shape index (κ1) is 15.3. The topological polar surface area (TPSA) is 40.5 Å². The van der Waals surface area contributed by atoms with E-state index in [9.17, 15) is 4.21 Å². The molecule has 0 bridgehead atoms. The summed E-state index contributed by atoms with van der Waals surface area (Å²) in [6.45, 7) is 3.40. The van der Waals surface area contributed by atoms with Crippen LogP contribution in [0.5, 0.6) is 0 Å². The molecule has 0 saturated heterocycles. The normalized spacial score (nSPS) is 14.7. The summed E-state index contributed by atoms with van der Waals surface area (Å²) in [5.74, 6) is 0. The van der Waals surface area contributed by atoms with Crippen LogP contribution < -0.4 is 0 Å². The van der Waals surface area contributed by atoms with E-state index in [1.54, 1.807) is 6.26 Å². The summed E-state index contributed by atoms with van der Waals surface area (Å²) >= 11 is 0. The number of aliphatic hydroxyl groups excluding tert-OH is 1. The highest BCUT2D eigenvalue weighted by Gasteiger charge is 2.11. The quantitative estimate of drug-likeness (QED) is 0.771. The Morgan fingerprint density at radius 2 is 1.89 bits per heavy atom. The average Bonchev–Trinajstić information content (AvgIpc) is 2.38. The van der Waals surface area contributed by atoms with Crippen LogP contribution in [0.3, 0.4) is 0 Å². The maximum absolute atomic E-state index is 11.3. The third-order valence-corrected chi connectivity index (χ3v) is 4.21. The molecular formula is C14H23NO2S. The molecule has 2 atom stereocenters. The second kappa shape index (κ2) is 7.67. The molecule has 0 radical (unpaired) electrons. The van der Waals surface area contributed by atoms with Crippen molar-refractivity contribution >= 4 is 10.8 Å². The van der Waals surface area contributed by atoms with Crippen molar-refractivity contribution in [2.24, 2.45) is 0 Å². The first-order valence-electron chi connectivity index (χ1n) is 6.30. The Balaban J connectivity index is 2.59. The molecule has 0 aliphatic rings. The van der Waals surface area contributed by atoms with Crippen molar-refractivity contribution in [1.82, 2.24) is 4.90 Å². The number of hydrogen-bond acceptors (Lipinski definition) is 3. The van der Waals surface area contributed by atoms with Gasteiger partial charge in [0.2, 0.25) is 0 Å². The highest BCUT2D eigenvalue weighted by molar-refractivity contribution is 7.84. The predicted molar refractivity (Wildman–Crippen MR) is 76.1 cm³/mol. The van der Waals surface area contributed by atoms with Crippen molar-refractivity contribution in [3.05, 3.63) is 29.8 Å². The van der Waals surface area contributed by atoms with E-state index in [0.717, 1.165) is 24.3 Å². The SMILES string of the molecule is CC(c1ccc(S(C)=O)cc1)N(C)CCCCO. The smallest absolute Gasteiger partial charge is 0.0498 e. The molecule has 0 fully saturated rings. The Morgan fingerprint density at radius 3 is 2.39 bits per heavy atom. The van der Waals surface area contributed by atoms with Gasteiger partial charge in [-0.15, -0.1) is 0 Å². The Morgan fingerprint density at radius 1 is 1.28 bits per heavy atom. The van der Waals surface area contributed by atoms with Gasteiger partial charge in [-0.25, -0.2) is 0 Å². The largest absolute Gasteiger partial charge is 0.396 e. The van der Waals surface area contributed by atoms with Crippen LogP contribution in [0.25, 0.3) is 0 Å². The Labute approximate surface area is 112 Å². The molecule has 1 aromatic carbocycles. The van der Waals surface area contributed by atoms with E-state index in [-0.39, 0.29) is 6.61 Å².